The molecular weight excluding hydrogens is 264 g/mol. The minimum atomic E-state index is -0.0291. The third kappa shape index (κ3) is 3.42. The van der Waals surface area contributed by atoms with Crippen molar-refractivity contribution >= 4 is 17.4 Å². The molecule has 0 unspecified atom stereocenters. The number of hydrogen-bond donors (Lipinski definition) is 2. The number of hydrogen-bond acceptors (Lipinski definition) is 3. The number of carbonyl (C=O) groups is 1. The molecule has 0 saturated heterocycles. The first-order valence-electron chi connectivity index (χ1n) is 7.23. The highest BCUT2D eigenvalue weighted by molar-refractivity contribution is 5.91. The number of aromatic nitrogens is 2. The highest BCUT2D eigenvalue weighted by Gasteiger charge is 2.26. The van der Waals surface area contributed by atoms with Crippen LogP contribution in [0.2, 0.25) is 0 Å². The summed E-state index contributed by atoms with van der Waals surface area (Å²) in [5.41, 5.74) is 3.18. The van der Waals surface area contributed by atoms with Crippen LogP contribution < -0.4 is 10.2 Å². The number of aromatic amines is 1. The summed E-state index contributed by atoms with van der Waals surface area (Å²) in [6, 6.07) is 9.94. The average Bonchev–Trinajstić information content (AvgIpc) is 3.20. The highest BCUT2D eigenvalue weighted by atomic mass is 16.1. The van der Waals surface area contributed by atoms with E-state index in [-0.39, 0.29) is 5.91 Å². The zero-order valence-electron chi connectivity index (χ0n) is 12.4. The molecule has 5 heteroatoms. The lowest BCUT2D eigenvalue weighted by Crippen LogP contribution is -2.15. The lowest BCUT2D eigenvalue weighted by molar-refractivity contribution is -0.115. The van der Waals surface area contributed by atoms with Gasteiger partial charge in [-0.1, -0.05) is 12.1 Å². The molecule has 1 saturated carbocycles. The van der Waals surface area contributed by atoms with Crippen LogP contribution in [0.1, 0.15) is 30.0 Å². The van der Waals surface area contributed by atoms with E-state index in [1.807, 2.05) is 49.3 Å². The molecule has 110 valence electrons. The highest BCUT2D eigenvalue weighted by Crippen LogP contribution is 2.39. The molecule has 1 fully saturated rings. The van der Waals surface area contributed by atoms with E-state index >= 15 is 0 Å². The fourth-order valence-electron chi connectivity index (χ4n) is 2.28. The monoisotopic (exact) mass is 284 g/mol. The second-order valence-corrected chi connectivity index (χ2v) is 5.77. The van der Waals surface area contributed by atoms with E-state index < -0.39 is 0 Å². The summed E-state index contributed by atoms with van der Waals surface area (Å²) in [7, 11) is 3.99. The van der Waals surface area contributed by atoms with Gasteiger partial charge in [0, 0.05) is 31.8 Å². The number of anilines is 2. The van der Waals surface area contributed by atoms with E-state index in [4.69, 9.17) is 0 Å². The number of nitrogens with zero attached hydrogens (tertiary/aromatic N) is 2. The number of amides is 1. The van der Waals surface area contributed by atoms with Crippen LogP contribution in [0.15, 0.2) is 30.3 Å². The van der Waals surface area contributed by atoms with Crippen molar-refractivity contribution in [1.29, 1.82) is 0 Å². The van der Waals surface area contributed by atoms with Crippen molar-refractivity contribution in [3.63, 3.8) is 0 Å². The maximum Gasteiger partial charge on any atom is 0.229 e. The van der Waals surface area contributed by atoms with Gasteiger partial charge in [0.15, 0.2) is 0 Å². The molecule has 2 aromatic rings. The first-order chi connectivity index (χ1) is 10.1. The van der Waals surface area contributed by atoms with Gasteiger partial charge in [-0.05, 0) is 30.5 Å². The van der Waals surface area contributed by atoms with Crippen molar-refractivity contribution in [3.05, 3.63) is 41.6 Å². The van der Waals surface area contributed by atoms with Gasteiger partial charge in [0.25, 0.3) is 0 Å². The third-order valence-electron chi connectivity index (χ3n) is 3.68. The van der Waals surface area contributed by atoms with Crippen LogP contribution in [0.25, 0.3) is 0 Å². The van der Waals surface area contributed by atoms with Crippen LogP contribution in [-0.2, 0) is 11.2 Å². The van der Waals surface area contributed by atoms with E-state index in [9.17, 15) is 4.79 Å². The predicted molar refractivity (Wildman–Crippen MR) is 83.7 cm³/mol. The minimum Gasteiger partial charge on any atom is -0.378 e. The van der Waals surface area contributed by atoms with Crippen LogP contribution in [0.3, 0.4) is 0 Å². The zero-order valence-corrected chi connectivity index (χ0v) is 12.4. The van der Waals surface area contributed by atoms with E-state index in [1.54, 1.807) is 0 Å². The standard InChI is InChI=1S/C16H20N4O/c1-20(2)13-7-3-11(4-8-13)9-16(21)17-15-10-14(18-19-15)12-5-6-12/h3-4,7-8,10,12H,5-6,9H2,1-2H3,(H2,17,18,19,21). The summed E-state index contributed by atoms with van der Waals surface area (Å²) < 4.78 is 0. The quantitative estimate of drug-likeness (QED) is 0.887. The molecule has 1 amide bonds. The minimum absolute atomic E-state index is 0.0291. The van der Waals surface area contributed by atoms with Crippen molar-refractivity contribution in [3.8, 4) is 0 Å². The number of rotatable bonds is 5. The van der Waals surface area contributed by atoms with Crippen molar-refractivity contribution < 1.29 is 4.79 Å². The van der Waals surface area contributed by atoms with Crippen molar-refractivity contribution in [2.24, 2.45) is 0 Å². The Balaban J connectivity index is 1.57. The van der Waals surface area contributed by atoms with Gasteiger partial charge in [0.1, 0.15) is 5.82 Å². The Morgan fingerprint density at radius 3 is 2.67 bits per heavy atom. The lowest BCUT2D eigenvalue weighted by atomic mass is 10.1. The first kappa shape index (κ1) is 13.7. The smallest absolute Gasteiger partial charge is 0.229 e. The maximum atomic E-state index is 12.0. The summed E-state index contributed by atoms with van der Waals surface area (Å²) in [5.74, 6) is 1.25. The molecular formula is C16H20N4O. The largest absolute Gasteiger partial charge is 0.378 e. The summed E-state index contributed by atoms with van der Waals surface area (Å²) in [6.07, 6.45) is 2.78. The Kier molecular flexibility index (Phi) is 3.64. The predicted octanol–water partition coefficient (Wildman–Crippen LogP) is 2.53. The Morgan fingerprint density at radius 1 is 1.33 bits per heavy atom. The van der Waals surface area contributed by atoms with E-state index in [0.717, 1.165) is 16.9 Å². The van der Waals surface area contributed by atoms with Gasteiger partial charge in [0.05, 0.1) is 12.1 Å². The Bertz CT molecular complexity index is 626. The van der Waals surface area contributed by atoms with Crippen molar-refractivity contribution in [2.45, 2.75) is 25.2 Å². The number of carbonyl (C=O) groups excluding carboxylic acids is 1. The fraction of sp³-hybridized carbons (Fsp3) is 0.375. The summed E-state index contributed by atoms with van der Waals surface area (Å²) in [5, 5.41) is 9.97. The maximum absolute atomic E-state index is 12.0. The second-order valence-electron chi connectivity index (χ2n) is 5.77. The Hall–Kier alpha value is -2.30. The van der Waals surface area contributed by atoms with Crippen LogP contribution in [0.4, 0.5) is 11.5 Å². The fourth-order valence-corrected chi connectivity index (χ4v) is 2.28. The van der Waals surface area contributed by atoms with Crippen LogP contribution >= 0.6 is 0 Å². The first-order valence-corrected chi connectivity index (χ1v) is 7.23. The number of benzene rings is 1. The molecule has 1 aromatic heterocycles. The molecule has 0 spiro atoms. The molecule has 21 heavy (non-hydrogen) atoms. The molecule has 0 atom stereocenters. The lowest BCUT2D eigenvalue weighted by Gasteiger charge is -2.12. The normalized spacial score (nSPS) is 14.0. The van der Waals surface area contributed by atoms with Crippen molar-refractivity contribution in [2.75, 3.05) is 24.3 Å². The van der Waals surface area contributed by atoms with Gasteiger partial charge in [-0.3, -0.25) is 9.89 Å². The molecule has 0 aliphatic heterocycles. The third-order valence-corrected chi connectivity index (χ3v) is 3.68. The van der Waals surface area contributed by atoms with Crippen LogP contribution in [-0.4, -0.2) is 30.2 Å². The molecule has 1 heterocycles. The van der Waals surface area contributed by atoms with Crippen LogP contribution in [0, 0.1) is 0 Å². The van der Waals surface area contributed by atoms with Gasteiger partial charge >= 0.3 is 0 Å². The van der Waals surface area contributed by atoms with E-state index in [0.29, 0.717) is 18.2 Å². The summed E-state index contributed by atoms with van der Waals surface area (Å²) >= 11 is 0. The van der Waals surface area contributed by atoms with Gasteiger partial charge in [-0.2, -0.15) is 5.10 Å². The van der Waals surface area contributed by atoms with Gasteiger partial charge in [-0.25, -0.2) is 0 Å². The van der Waals surface area contributed by atoms with E-state index in [2.05, 4.69) is 15.5 Å². The molecule has 0 bridgehead atoms. The average molecular weight is 284 g/mol. The summed E-state index contributed by atoms with van der Waals surface area (Å²) in [6.45, 7) is 0. The van der Waals surface area contributed by atoms with Gasteiger partial charge in [0.2, 0.25) is 5.91 Å². The molecule has 3 rings (SSSR count). The Labute approximate surface area is 124 Å². The SMILES string of the molecule is CN(C)c1ccc(CC(=O)Nc2cc(C3CC3)n[nH]2)cc1. The number of nitrogens with one attached hydrogen (secondary N) is 2. The topological polar surface area (TPSA) is 61.0 Å². The molecule has 1 aliphatic carbocycles. The van der Waals surface area contributed by atoms with Crippen LogP contribution in [0.5, 0.6) is 0 Å². The molecule has 2 N–H and O–H groups in total. The van der Waals surface area contributed by atoms with Crippen molar-refractivity contribution in [1.82, 2.24) is 10.2 Å². The molecule has 1 aliphatic rings. The van der Waals surface area contributed by atoms with Gasteiger partial charge < -0.3 is 10.2 Å². The van der Waals surface area contributed by atoms with E-state index in [1.165, 1.54) is 12.8 Å². The second kappa shape index (κ2) is 5.60. The molecule has 5 nitrogen and oxygen atoms in total. The van der Waals surface area contributed by atoms with Gasteiger partial charge in [-0.15, -0.1) is 0 Å². The molecule has 0 radical (unpaired) electrons. The zero-order chi connectivity index (χ0) is 14.8. The Morgan fingerprint density at radius 2 is 2.05 bits per heavy atom. The molecule has 1 aromatic carbocycles. The number of H-pyrrole nitrogens is 1. The summed E-state index contributed by atoms with van der Waals surface area (Å²) in [4.78, 5) is 14.1.